The average molecular weight is 303 g/mol. The molecule has 0 heterocycles. The Morgan fingerprint density at radius 2 is 2.21 bits per heavy atom. The molecule has 1 unspecified atom stereocenters. The van der Waals surface area contributed by atoms with Crippen LogP contribution in [0.1, 0.15) is 25.3 Å². The topological polar surface area (TPSA) is 90.2 Å². The molecule has 1 rings (SSSR count). The number of benzene rings is 1. The Morgan fingerprint density at radius 3 is 2.74 bits per heavy atom. The third-order valence-electron chi connectivity index (χ3n) is 2.64. The van der Waals surface area contributed by atoms with Gasteiger partial charge in [0.15, 0.2) is 0 Å². The summed E-state index contributed by atoms with van der Waals surface area (Å²) in [6.45, 7) is 1.71. The number of rotatable bonds is 6. The minimum Gasteiger partial charge on any atom is -0.396 e. The minimum absolute atomic E-state index is 0.00106. The van der Waals surface area contributed by atoms with Crippen molar-refractivity contribution in [3.05, 3.63) is 28.8 Å². The van der Waals surface area contributed by atoms with Crippen LogP contribution in [0.4, 0.5) is 0 Å². The van der Waals surface area contributed by atoms with E-state index in [0.717, 1.165) is 0 Å². The first-order valence-electron chi connectivity index (χ1n) is 5.77. The summed E-state index contributed by atoms with van der Waals surface area (Å²) in [4.78, 5) is -0.101. The Kier molecular flexibility index (Phi) is 5.76. The van der Waals surface area contributed by atoms with Gasteiger partial charge in [-0.1, -0.05) is 18.5 Å². The van der Waals surface area contributed by atoms with Gasteiger partial charge in [-0.3, -0.25) is 0 Å². The van der Waals surface area contributed by atoms with E-state index in [-0.39, 0.29) is 23.1 Å². The molecular formula is C12H15ClN2O3S. The highest BCUT2D eigenvalue weighted by atomic mass is 35.5. The van der Waals surface area contributed by atoms with Crippen LogP contribution in [-0.4, -0.2) is 26.2 Å². The van der Waals surface area contributed by atoms with E-state index in [1.165, 1.54) is 18.2 Å². The first-order valence-corrected chi connectivity index (χ1v) is 7.63. The number of nitriles is 1. The molecule has 1 aromatic rings. The van der Waals surface area contributed by atoms with Gasteiger partial charge in [0.1, 0.15) is 6.07 Å². The van der Waals surface area contributed by atoms with E-state index < -0.39 is 10.0 Å². The van der Waals surface area contributed by atoms with Gasteiger partial charge in [0, 0.05) is 17.7 Å². The Balaban J connectivity index is 3.10. The zero-order chi connectivity index (χ0) is 14.5. The van der Waals surface area contributed by atoms with Crippen molar-refractivity contribution in [3.8, 4) is 6.07 Å². The van der Waals surface area contributed by atoms with Crippen LogP contribution in [0.3, 0.4) is 0 Å². The molecule has 0 fully saturated rings. The van der Waals surface area contributed by atoms with Crippen LogP contribution < -0.4 is 4.72 Å². The zero-order valence-corrected chi connectivity index (χ0v) is 12.0. The lowest BCUT2D eigenvalue weighted by Gasteiger charge is -2.16. The van der Waals surface area contributed by atoms with Crippen molar-refractivity contribution >= 4 is 21.6 Å². The summed E-state index contributed by atoms with van der Waals surface area (Å²) in [6.07, 6.45) is 0.875. The molecule has 2 N–H and O–H groups in total. The Bertz CT molecular complexity index is 581. The lowest BCUT2D eigenvalue weighted by molar-refractivity contribution is 0.270. The highest BCUT2D eigenvalue weighted by Gasteiger charge is 2.22. The monoisotopic (exact) mass is 302 g/mol. The molecule has 0 radical (unpaired) electrons. The Labute approximate surface area is 117 Å². The molecular weight excluding hydrogens is 288 g/mol. The molecule has 7 heteroatoms. The molecule has 5 nitrogen and oxygen atoms in total. The van der Waals surface area contributed by atoms with Gasteiger partial charge in [0.05, 0.1) is 10.5 Å². The number of aliphatic hydroxyl groups is 1. The summed E-state index contributed by atoms with van der Waals surface area (Å²) < 4.78 is 26.8. The number of hydrogen-bond acceptors (Lipinski definition) is 4. The molecule has 0 saturated carbocycles. The van der Waals surface area contributed by atoms with Gasteiger partial charge in [-0.25, -0.2) is 13.1 Å². The van der Waals surface area contributed by atoms with Gasteiger partial charge in [-0.2, -0.15) is 5.26 Å². The second kappa shape index (κ2) is 6.87. The number of halogens is 1. The summed E-state index contributed by atoms with van der Waals surface area (Å²) in [6, 6.07) is 5.48. The molecule has 0 aromatic heterocycles. The summed E-state index contributed by atoms with van der Waals surface area (Å²) >= 11 is 5.73. The zero-order valence-electron chi connectivity index (χ0n) is 10.4. The molecule has 0 aliphatic carbocycles. The summed E-state index contributed by atoms with van der Waals surface area (Å²) in [7, 11) is -3.80. The average Bonchev–Trinajstić information content (AvgIpc) is 2.37. The molecule has 0 aliphatic rings. The van der Waals surface area contributed by atoms with E-state index in [4.69, 9.17) is 22.0 Å². The van der Waals surface area contributed by atoms with Gasteiger partial charge in [0.25, 0.3) is 0 Å². The predicted octanol–water partition coefficient (Wildman–Crippen LogP) is 1.65. The fourth-order valence-electron chi connectivity index (χ4n) is 1.61. The smallest absolute Gasteiger partial charge is 0.242 e. The summed E-state index contributed by atoms with van der Waals surface area (Å²) in [5.41, 5.74) is -0.00106. The van der Waals surface area contributed by atoms with Crippen molar-refractivity contribution in [2.24, 2.45) is 0 Å². The largest absolute Gasteiger partial charge is 0.396 e. The quantitative estimate of drug-likeness (QED) is 0.836. The third kappa shape index (κ3) is 4.18. The Hall–Kier alpha value is -1.13. The number of aliphatic hydroxyl groups excluding tert-OH is 1. The van der Waals surface area contributed by atoms with Crippen LogP contribution in [-0.2, 0) is 10.0 Å². The molecule has 1 aromatic carbocycles. The van der Waals surface area contributed by atoms with Gasteiger partial charge < -0.3 is 5.11 Å². The fourth-order valence-corrected chi connectivity index (χ4v) is 3.27. The molecule has 0 spiro atoms. The van der Waals surface area contributed by atoms with Gasteiger partial charge >= 0.3 is 0 Å². The van der Waals surface area contributed by atoms with E-state index in [9.17, 15) is 8.42 Å². The van der Waals surface area contributed by atoms with Crippen LogP contribution in [0.2, 0.25) is 5.02 Å². The maximum absolute atomic E-state index is 12.2. The molecule has 0 amide bonds. The number of nitrogens with zero attached hydrogens (tertiary/aromatic N) is 1. The standard InChI is InChI=1S/C12H15ClN2O3S/c1-2-11(5-6-16)15-19(17,18)12-4-3-10(13)7-9(12)8-14/h3-4,7,11,15-16H,2,5-6H2,1H3. The van der Waals surface area contributed by atoms with E-state index in [0.29, 0.717) is 17.9 Å². The molecule has 1 atom stereocenters. The van der Waals surface area contributed by atoms with Crippen molar-refractivity contribution in [3.63, 3.8) is 0 Å². The molecule has 104 valence electrons. The van der Waals surface area contributed by atoms with Crippen molar-refractivity contribution in [2.75, 3.05) is 6.61 Å². The van der Waals surface area contributed by atoms with Crippen LogP contribution in [0, 0.1) is 11.3 Å². The van der Waals surface area contributed by atoms with Crippen molar-refractivity contribution in [1.29, 1.82) is 5.26 Å². The molecule has 0 aliphatic heterocycles. The maximum Gasteiger partial charge on any atom is 0.242 e. The highest BCUT2D eigenvalue weighted by molar-refractivity contribution is 7.89. The predicted molar refractivity (Wildman–Crippen MR) is 72.3 cm³/mol. The van der Waals surface area contributed by atoms with Gasteiger partial charge in [-0.05, 0) is 31.0 Å². The third-order valence-corrected chi connectivity index (χ3v) is 4.46. The molecule has 0 saturated heterocycles. The van der Waals surface area contributed by atoms with Crippen molar-refractivity contribution in [2.45, 2.75) is 30.7 Å². The van der Waals surface area contributed by atoms with Crippen molar-refractivity contribution < 1.29 is 13.5 Å². The number of nitrogens with one attached hydrogen (secondary N) is 1. The normalized spacial score (nSPS) is 12.9. The number of hydrogen-bond donors (Lipinski definition) is 2. The molecule has 0 bridgehead atoms. The van der Waals surface area contributed by atoms with E-state index in [1.807, 2.05) is 13.0 Å². The molecule has 19 heavy (non-hydrogen) atoms. The van der Waals surface area contributed by atoms with Crippen molar-refractivity contribution in [1.82, 2.24) is 4.72 Å². The van der Waals surface area contributed by atoms with E-state index in [2.05, 4.69) is 4.72 Å². The first-order chi connectivity index (χ1) is 8.94. The highest BCUT2D eigenvalue weighted by Crippen LogP contribution is 2.20. The van der Waals surface area contributed by atoms with Crippen LogP contribution in [0.25, 0.3) is 0 Å². The van der Waals surface area contributed by atoms with E-state index in [1.54, 1.807) is 0 Å². The fraction of sp³-hybridized carbons (Fsp3) is 0.417. The minimum atomic E-state index is -3.80. The van der Waals surface area contributed by atoms with Gasteiger partial charge in [0.2, 0.25) is 10.0 Å². The second-order valence-electron chi connectivity index (χ2n) is 3.99. The van der Waals surface area contributed by atoms with E-state index >= 15 is 0 Å². The summed E-state index contributed by atoms with van der Waals surface area (Å²) in [5.74, 6) is 0. The van der Waals surface area contributed by atoms with Crippen LogP contribution in [0.15, 0.2) is 23.1 Å². The van der Waals surface area contributed by atoms with Gasteiger partial charge in [-0.15, -0.1) is 0 Å². The van der Waals surface area contributed by atoms with Crippen LogP contribution >= 0.6 is 11.6 Å². The SMILES string of the molecule is CCC(CCO)NS(=O)(=O)c1ccc(Cl)cc1C#N. The van der Waals surface area contributed by atoms with Crippen LogP contribution in [0.5, 0.6) is 0 Å². The summed E-state index contributed by atoms with van der Waals surface area (Å²) in [5, 5.41) is 18.1. The lowest BCUT2D eigenvalue weighted by Crippen LogP contribution is -2.35. The lowest BCUT2D eigenvalue weighted by atomic mass is 10.2. The second-order valence-corrected chi connectivity index (χ2v) is 6.11. The number of sulfonamides is 1. The maximum atomic E-state index is 12.2. The first kappa shape index (κ1) is 15.9. The Morgan fingerprint density at radius 1 is 1.53 bits per heavy atom.